The molecule has 0 fully saturated rings. The molecule has 0 radical (unpaired) electrons. The molecule has 0 saturated carbocycles. The molecule has 4 rings (SSSR count). The number of phenols is 1. The first-order valence-corrected chi connectivity index (χ1v) is 8.19. The molecule has 1 heterocycles. The van der Waals surface area contributed by atoms with Crippen molar-refractivity contribution in [3.63, 3.8) is 0 Å². The van der Waals surface area contributed by atoms with Gasteiger partial charge in [-0.1, -0.05) is 5.16 Å². The second-order valence-electron chi connectivity index (χ2n) is 6.35. The number of nitrogens with zero attached hydrogens (tertiary/aromatic N) is 4. The van der Waals surface area contributed by atoms with Gasteiger partial charge in [0.1, 0.15) is 11.5 Å². The van der Waals surface area contributed by atoms with E-state index in [9.17, 15) is 15.0 Å². The smallest absolute Gasteiger partial charge is 0.224 e. The van der Waals surface area contributed by atoms with E-state index in [4.69, 9.17) is 15.5 Å². The zero-order valence-electron chi connectivity index (χ0n) is 14.6. The van der Waals surface area contributed by atoms with Crippen molar-refractivity contribution >= 4 is 28.3 Å². The topological polar surface area (TPSA) is 158 Å². The van der Waals surface area contributed by atoms with Gasteiger partial charge in [0.25, 0.3) is 0 Å². The molecule has 0 atom stereocenters. The Morgan fingerprint density at radius 3 is 2.79 bits per heavy atom. The number of fused-ring (bicyclic) bond motifs is 2. The summed E-state index contributed by atoms with van der Waals surface area (Å²) in [6, 6.07) is 8.00. The third kappa shape index (κ3) is 2.64. The quantitative estimate of drug-likeness (QED) is 0.456. The monoisotopic (exact) mass is 375 g/mol. The number of nitrogens with two attached hydrogens (primary N) is 1. The number of nitriles is 1. The Bertz CT molecular complexity index is 1260. The zero-order chi connectivity index (χ0) is 20.0. The van der Waals surface area contributed by atoms with E-state index in [1.165, 1.54) is 12.1 Å². The molecule has 0 bridgehead atoms. The summed E-state index contributed by atoms with van der Waals surface area (Å²) in [6.45, 7) is 1.76. The number of aliphatic hydroxyl groups is 1. The van der Waals surface area contributed by atoms with Crippen molar-refractivity contribution in [2.45, 2.75) is 13.3 Å². The van der Waals surface area contributed by atoms with E-state index in [1.807, 2.05) is 0 Å². The van der Waals surface area contributed by atoms with Crippen molar-refractivity contribution in [3.8, 4) is 11.8 Å². The normalized spacial score (nSPS) is 13.9. The van der Waals surface area contributed by atoms with Crippen LogP contribution in [-0.4, -0.2) is 21.2 Å². The molecule has 138 valence electrons. The second kappa shape index (κ2) is 6.21. The van der Waals surface area contributed by atoms with E-state index < -0.39 is 5.78 Å². The highest BCUT2D eigenvalue weighted by Crippen LogP contribution is 2.35. The number of carbonyl (C=O) groups is 1. The van der Waals surface area contributed by atoms with Crippen molar-refractivity contribution in [1.29, 1.82) is 5.26 Å². The number of ketones is 1. The number of rotatable bonds is 2. The Hall–Kier alpha value is -4.19. The number of Topliss-reactive ketones (excluding diaryl/α,β-unsaturated/α-hetero) is 1. The first-order chi connectivity index (χ1) is 13.4. The lowest BCUT2D eigenvalue weighted by Crippen LogP contribution is -2.16. The fourth-order valence-electron chi connectivity index (χ4n) is 3.05. The molecule has 2 aromatic carbocycles. The van der Waals surface area contributed by atoms with Crippen molar-refractivity contribution in [2.75, 3.05) is 5.73 Å². The predicted molar refractivity (Wildman–Crippen MR) is 98.2 cm³/mol. The van der Waals surface area contributed by atoms with Gasteiger partial charge in [-0.15, -0.1) is 10.2 Å². The molecule has 9 nitrogen and oxygen atoms in total. The van der Waals surface area contributed by atoms with Gasteiger partial charge in [-0.3, -0.25) is 4.79 Å². The van der Waals surface area contributed by atoms with Gasteiger partial charge in [-0.05, 0) is 24.6 Å². The number of aromatic hydroxyl groups is 1. The summed E-state index contributed by atoms with van der Waals surface area (Å²) in [5.41, 5.74) is 7.59. The standard InChI is InChI=1S/C19H13N5O4/c1-8-2-13-16(3-9(8)7-20)28-24-19(13)23-22-17-15(26)6-11-12(18(17)27)4-10(21)5-14(11)25/h2-5,25-26H,6,21H2,1H3. The Labute approximate surface area is 158 Å². The molecule has 0 saturated heterocycles. The molecule has 1 aromatic heterocycles. The maximum atomic E-state index is 12.7. The summed E-state index contributed by atoms with van der Waals surface area (Å²) in [6.07, 6.45) is -0.0776. The summed E-state index contributed by atoms with van der Waals surface area (Å²) in [7, 11) is 0. The number of nitrogen functional groups attached to an aromatic ring is 1. The first-order valence-electron chi connectivity index (χ1n) is 8.19. The van der Waals surface area contributed by atoms with Crippen LogP contribution in [0.2, 0.25) is 0 Å². The Morgan fingerprint density at radius 2 is 2.04 bits per heavy atom. The van der Waals surface area contributed by atoms with E-state index in [-0.39, 0.29) is 46.3 Å². The average molecular weight is 375 g/mol. The number of aromatic nitrogens is 1. The highest BCUT2D eigenvalue weighted by Gasteiger charge is 2.29. The summed E-state index contributed by atoms with van der Waals surface area (Å²) < 4.78 is 5.16. The number of hydrogen-bond donors (Lipinski definition) is 3. The molecular weight excluding hydrogens is 362 g/mol. The zero-order valence-corrected chi connectivity index (χ0v) is 14.6. The van der Waals surface area contributed by atoms with Crippen LogP contribution in [0.3, 0.4) is 0 Å². The Balaban J connectivity index is 1.74. The van der Waals surface area contributed by atoms with Gasteiger partial charge in [0.05, 0.1) is 17.0 Å². The van der Waals surface area contributed by atoms with E-state index in [2.05, 4.69) is 21.5 Å². The van der Waals surface area contributed by atoms with Gasteiger partial charge in [0.15, 0.2) is 11.3 Å². The minimum atomic E-state index is -0.610. The van der Waals surface area contributed by atoms with Gasteiger partial charge in [0, 0.05) is 35.4 Å². The maximum absolute atomic E-state index is 12.7. The molecule has 1 aliphatic rings. The number of carbonyl (C=O) groups excluding carboxylic acids is 1. The van der Waals surface area contributed by atoms with Crippen molar-refractivity contribution in [2.24, 2.45) is 10.2 Å². The number of phenolic OH excluding ortho intramolecular Hbond substituents is 1. The lowest BCUT2D eigenvalue weighted by molar-refractivity contribution is 0.102. The molecule has 0 amide bonds. The van der Waals surface area contributed by atoms with Crippen LogP contribution in [0.4, 0.5) is 11.5 Å². The molecular formula is C19H13N5O4. The Kier molecular flexibility index (Phi) is 3.82. The largest absolute Gasteiger partial charge is 0.509 e. The van der Waals surface area contributed by atoms with Crippen molar-refractivity contribution in [1.82, 2.24) is 5.16 Å². The second-order valence-corrected chi connectivity index (χ2v) is 6.35. The van der Waals surface area contributed by atoms with Gasteiger partial charge in [0.2, 0.25) is 11.6 Å². The fraction of sp³-hybridized carbons (Fsp3) is 0.105. The molecule has 3 aromatic rings. The fourth-order valence-corrected chi connectivity index (χ4v) is 3.05. The summed E-state index contributed by atoms with van der Waals surface area (Å²) in [5, 5.41) is 41.4. The SMILES string of the molecule is Cc1cc2c(N=NC3=C(O)Cc4c(O)cc(N)cc4C3=O)noc2cc1C#N. The first kappa shape index (κ1) is 17.2. The lowest BCUT2D eigenvalue weighted by Gasteiger charge is -2.17. The van der Waals surface area contributed by atoms with Gasteiger partial charge >= 0.3 is 0 Å². The number of allylic oxidation sites excluding steroid dienone is 2. The number of aryl methyl sites for hydroxylation is 1. The maximum Gasteiger partial charge on any atom is 0.224 e. The van der Waals surface area contributed by atoms with Crippen LogP contribution < -0.4 is 5.73 Å². The van der Waals surface area contributed by atoms with E-state index >= 15 is 0 Å². The third-order valence-corrected chi connectivity index (χ3v) is 4.49. The minimum absolute atomic E-state index is 0.0776. The van der Waals surface area contributed by atoms with Crippen LogP contribution in [0.5, 0.6) is 5.75 Å². The average Bonchev–Trinajstić information content (AvgIpc) is 3.04. The number of anilines is 1. The molecule has 28 heavy (non-hydrogen) atoms. The highest BCUT2D eigenvalue weighted by molar-refractivity contribution is 6.11. The van der Waals surface area contributed by atoms with Gasteiger partial charge in [-0.25, -0.2) is 0 Å². The van der Waals surface area contributed by atoms with Crippen molar-refractivity contribution in [3.05, 3.63) is 58.0 Å². The number of benzene rings is 2. The van der Waals surface area contributed by atoms with Crippen LogP contribution in [0, 0.1) is 18.3 Å². The van der Waals surface area contributed by atoms with Gasteiger partial charge < -0.3 is 20.5 Å². The van der Waals surface area contributed by atoms with E-state index in [0.29, 0.717) is 22.1 Å². The molecule has 4 N–H and O–H groups in total. The molecule has 1 aliphatic carbocycles. The number of aliphatic hydroxyl groups excluding tert-OH is 1. The van der Waals surface area contributed by atoms with E-state index in [0.717, 1.165) is 0 Å². The Morgan fingerprint density at radius 1 is 1.25 bits per heavy atom. The molecule has 0 spiro atoms. The van der Waals surface area contributed by atoms with Crippen LogP contribution in [0.15, 0.2) is 50.5 Å². The molecule has 9 heteroatoms. The molecule has 0 unspecified atom stereocenters. The number of hydrogen-bond acceptors (Lipinski definition) is 9. The highest BCUT2D eigenvalue weighted by atomic mass is 16.5. The van der Waals surface area contributed by atoms with E-state index in [1.54, 1.807) is 19.1 Å². The predicted octanol–water partition coefficient (Wildman–Crippen LogP) is 3.59. The van der Waals surface area contributed by atoms with Crippen LogP contribution in [-0.2, 0) is 6.42 Å². The summed E-state index contributed by atoms with van der Waals surface area (Å²) >= 11 is 0. The van der Waals surface area contributed by atoms with Crippen molar-refractivity contribution < 1.29 is 19.5 Å². The third-order valence-electron chi connectivity index (χ3n) is 4.49. The molecule has 0 aliphatic heterocycles. The lowest BCUT2D eigenvalue weighted by atomic mass is 9.91. The number of azo groups is 1. The van der Waals surface area contributed by atoms with Gasteiger partial charge in [-0.2, -0.15) is 5.26 Å². The summed E-state index contributed by atoms with van der Waals surface area (Å²) in [5.74, 6) is -0.994. The summed E-state index contributed by atoms with van der Waals surface area (Å²) in [4.78, 5) is 12.7. The minimum Gasteiger partial charge on any atom is -0.509 e. The van der Waals surface area contributed by atoms with Crippen LogP contribution in [0.25, 0.3) is 11.0 Å². The van der Waals surface area contributed by atoms with Crippen LogP contribution >= 0.6 is 0 Å². The van der Waals surface area contributed by atoms with Crippen LogP contribution in [0.1, 0.15) is 27.0 Å².